The number of aliphatic hydroxyl groups excluding tert-OH is 1. The molecule has 3 atom stereocenters. The number of esters is 1. The van der Waals surface area contributed by atoms with Crippen LogP contribution in [0.1, 0.15) is 140 Å². The number of halogens is 2. The number of fused-ring (bicyclic) bond motifs is 2. The molecule has 55 heavy (non-hydrogen) atoms. The van der Waals surface area contributed by atoms with Crippen LogP contribution in [0.4, 0.5) is 8.78 Å². The maximum atomic E-state index is 14.3. The van der Waals surface area contributed by atoms with E-state index in [1.807, 2.05) is 6.92 Å². The third kappa shape index (κ3) is 11.3. The van der Waals surface area contributed by atoms with E-state index in [0.29, 0.717) is 31.1 Å². The van der Waals surface area contributed by atoms with Crippen molar-refractivity contribution in [3.8, 4) is 5.75 Å². The summed E-state index contributed by atoms with van der Waals surface area (Å²) >= 11 is 0. The summed E-state index contributed by atoms with van der Waals surface area (Å²) < 4.78 is 46.1. The van der Waals surface area contributed by atoms with E-state index in [2.05, 4.69) is 12.2 Å². The van der Waals surface area contributed by atoms with Gasteiger partial charge in [-0.3, -0.25) is 14.4 Å². The van der Waals surface area contributed by atoms with Gasteiger partial charge in [0.25, 0.3) is 11.8 Å². The molecule has 298 valence electrons. The van der Waals surface area contributed by atoms with Crippen molar-refractivity contribution in [3.63, 3.8) is 0 Å². The van der Waals surface area contributed by atoms with E-state index in [-0.39, 0.29) is 42.6 Å². The normalized spacial score (nSPS) is 17.0. The lowest BCUT2D eigenvalue weighted by Crippen LogP contribution is -2.57. The number of nitrogens with zero attached hydrogens (tertiary/aromatic N) is 2. The molecule has 2 amide bonds. The highest BCUT2D eigenvalue weighted by Gasteiger charge is 2.42. The number of hydrogen-bond acceptors (Lipinski definition) is 8. The van der Waals surface area contributed by atoms with Crippen molar-refractivity contribution in [2.24, 2.45) is 0 Å². The Labute approximate surface area is 321 Å². The Morgan fingerprint density at radius 2 is 1.64 bits per heavy atom. The second-order valence-electron chi connectivity index (χ2n) is 14.5. The van der Waals surface area contributed by atoms with Crippen LogP contribution in [0.3, 0.4) is 0 Å². The number of ether oxygens (including phenoxy) is 3. The molecule has 0 aliphatic carbocycles. The van der Waals surface area contributed by atoms with Gasteiger partial charge in [-0.05, 0) is 49.9 Å². The lowest BCUT2D eigenvalue weighted by Gasteiger charge is -2.44. The Bertz CT molecular complexity index is 1830. The molecule has 1 fully saturated rings. The molecule has 5 rings (SSSR count). The molecule has 3 heterocycles. The van der Waals surface area contributed by atoms with E-state index in [1.54, 1.807) is 12.1 Å². The first kappa shape index (κ1) is 41.7. The van der Waals surface area contributed by atoms with Crippen molar-refractivity contribution in [3.05, 3.63) is 98.5 Å². The van der Waals surface area contributed by atoms with Crippen LogP contribution in [0, 0.1) is 11.6 Å². The van der Waals surface area contributed by atoms with Crippen LogP contribution in [-0.2, 0) is 29.2 Å². The fourth-order valence-corrected chi connectivity index (χ4v) is 6.98. The van der Waals surface area contributed by atoms with Gasteiger partial charge in [-0.15, -0.1) is 0 Å². The molecule has 2 aliphatic heterocycles. The second-order valence-corrected chi connectivity index (χ2v) is 14.5. The summed E-state index contributed by atoms with van der Waals surface area (Å²) in [7, 11) is 0. The number of amides is 2. The summed E-state index contributed by atoms with van der Waals surface area (Å²) in [5.41, 5.74) is -0.902. The number of rotatable bonds is 20. The molecule has 2 aromatic carbocycles. The zero-order chi connectivity index (χ0) is 39.3. The largest absolute Gasteiger partial charge is 0.416 e. The average molecular weight is 766 g/mol. The van der Waals surface area contributed by atoms with E-state index in [9.17, 15) is 33.1 Å². The summed E-state index contributed by atoms with van der Waals surface area (Å²) in [5.74, 6) is -4.72. The summed E-state index contributed by atoms with van der Waals surface area (Å²) in [6, 6.07) is 8.90. The molecule has 2 N–H and O–H groups in total. The van der Waals surface area contributed by atoms with Crippen molar-refractivity contribution >= 4 is 17.8 Å². The number of aromatic nitrogens is 1. The zero-order valence-electron chi connectivity index (χ0n) is 31.8. The molecule has 0 spiro atoms. The molecule has 0 saturated carbocycles. The number of benzene rings is 2. The molecule has 1 unspecified atom stereocenters. The van der Waals surface area contributed by atoms with Crippen LogP contribution in [0.15, 0.2) is 53.5 Å². The highest BCUT2D eigenvalue weighted by Crippen LogP contribution is 2.30. The van der Waals surface area contributed by atoms with E-state index in [4.69, 9.17) is 14.2 Å². The van der Waals surface area contributed by atoms with Gasteiger partial charge in [0, 0.05) is 30.4 Å². The van der Waals surface area contributed by atoms with Gasteiger partial charge in [0.05, 0.1) is 25.3 Å². The van der Waals surface area contributed by atoms with Crippen molar-refractivity contribution in [1.29, 1.82) is 0 Å². The number of pyridine rings is 1. The standard InChI is InChI=1S/C42H53F2N3O8/c1-3-4-5-6-7-8-9-10-11-12-13-14-36(48)54-27-29-15-17-30(18-16-29)42(52)55-39-37-41(51)47-28(2)21-22-53-35(47)26-46(37)25-33(38(39)49)40(50)45-24-31-19-20-32(43)23-34(31)44/h15-20,23,25,28,35-36,48H,3-14,21-22,24,26-27H2,1-2H3,(H,45,50)/t28-,35+,36?/m1/s1. The molecule has 2 aliphatic rings. The van der Waals surface area contributed by atoms with E-state index in [0.717, 1.165) is 25.3 Å². The molecule has 11 nitrogen and oxygen atoms in total. The fourth-order valence-electron chi connectivity index (χ4n) is 6.98. The highest BCUT2D eigenvalue weighted by atomic mass is 19.1. The summed E-state index contributed by atoms with van der Waals surface area (Å²) in [5, 5.41) is 12.8. The Hall–Kier alpha value is -4.46. The molecule has 0 radical (unpaired) electrons. The third-order valence-corrected chi connectivity index (χ3v) is 10.2. The maximum Gasteiger partial charge on any atom is 0.343 e. The Morgan fingerprint density at radius 1 is 0.964 bits per heavy atom. The monoisotopic (exact) mass is 765 g/mol. The Morgan fingerprint density at radius 3 is 2.31 bits per heavy atom. The topological polar surface area (TPSA) is 136 Å². The van der Waals surface area contributed by atoms with Gasteiger partial charge in [-0.1, -0.05) is 89.3 Å². The van der Waals surface area contributed by atoms with Gasteiger partial charge in [-0.2, -0.15) is 0 Å². The van der Waals surface area contributed by atoms with Crippen LogP contribution in [0.5, 0.6) is 5.75 Å². The zero-order valence-corrected chi connectivity index (χ0v) is 31.8. The first-order valence-electron chi connectivity index (χ1n) is 19.6. The lowest BCUT2D eigenvalue weighted by atomic mass is 10.1. The van der Waals surface area contributed by atoms with Crippen LogP contribution in [0.2, 0.25) is 0 Å². The quantitative estimate of drug-likeness (QED) is 0.0690. The smallest absolute Gasteiger partial charge is 0.343 e. The average Bonchev–Trinajstić information content (AvgIpc) is 3.16. The fraction of sp³-hybridized carbons (Fsp3) is 0.524. The number of aliphatic hydroxyl groups is 1. The number of unbranched alkanes of at least 4 members (excludes halogenated alkanes) is 10. The number of carbonyl (C=O) groups excluding carboxylic acids is 3. The number of hydrogen-bond donors (Lipinski definition) is 2. The van der Waals surface area contributed by atoms with E-state index in [1.165, 1.54) is 85.2 Å². The summed E-state index contributed by atoms with van der Waals surface area (Å²) in [6.07, 6.45) is 14.1. The van der Waals surface area contributed by atoms with Crippen LogP contribution >= 0.6 is 0 Å². The molecular formula is C42H53F2N3O8. The SMILES string of the molecule is CCCCCCCCCCCCCC(O)OCc1ccc(C(=O)Oc2c3n(cc(C(=O)NCc4ccc(F)cc4F)c2=O)C[C@@H]2OCC[C@@H](C)N2C3=O)cc1. The van der Waals surface area contributed by atoms with Crippen molar-refractivity contribution < 1.29 is 42.5 Å². The molecular weight excluding hydrogens is 712 g/mol. The first-order valence-corrected chi connectivity index (χ1v) is 19.6. The molecule has 1 saturated heterocycles. The molecule has 13 heteroatoms. The first-order chi connectivity index (χ1) is 26.6. The van der Waals surface area contributed by atoms with Gasteiger partial charge in [0.15, 0.2) is 18.2 Å². The van der Waals surface area contributed by atoms with Gasteiger partial charge in [-0.25, -0.2) is 13.6 Å². The predicted octanol–water partition coefficient (Wildman–Crippen LogP) is 7.40. The number of carbonyl (C=O) groups is 3. The van der Waals surface area contributed by atoms with Gasteiger partial charge < -0.3 is 34.1 Å². The van der Waals surface area contributed by atoms with E-state index < -0.39 is 58.7 Å². The van der Waals surface area contributed by atoms with E-state index >= 15 is 0 Å². The minimum absolute atomic E-state index is 0.0115. The van der Waals surface area contributed by atoms with Crippen molar-refractivity contribution in [2.75, 3.05) is 6.61 Å². The highest BCUT2D eigenvalue weighted by molar-refractivity contribution is 6.01. The summed E-state index contributed by atoms with van der Waals surface area (Å²) in [6.45, 7) is 4.31. The lowest BCUT2D eigenvalue weighted by molar-refractivity contribution is -0.113. The minimum Gasteiger partial charge on any atom is -0.416 e. The van der Waals surface area contributed by atoms with Crippen LogP contribution in [0.25, 0.3) is 0 Å². The minimum atomic E-state index is -1.01. The third-order valence-electron chi connectivity index (χ3n) is 10.2. The predicted molar refractivity (Wildman–Crippen MR) is 201 cm³/mol. The van der Waals surface area contributed by atoms with Crippen LogP contribution < -0.4 is 15.5 Å². The molecule has 1 aromatic heterocycles. The number of nitrogens with one attached hydrogen (secondary N) is 1. The van der Waals surface area contributed by atoms with Gasteiger partial charge >= 0.3 is 5.97 Å². The second kappa shape index (κ2) is 20.5. The molecule has 0 bridgehead atoms. The maximum absolute atomic E-state index is 14.3. The van der Waals surface area contributed by atoms with Gasteiger partial charge in [0.1, 0.15) is 17.2 Å². The van der Waals surface area contributed by atoms with Crippen molar-refractivity contribution in [2.45, 2.75) is 136 Å². The van der Waals surface area contributed by atoms with Crippen LogP contribution in [-0.4, -0.2) is 57.5 Å². The van der Waals surface area contributed by atoms with Crippen molar-refractivity contribution in [1.82, 2.24) is 14.8 Å². The Kier molecular flexibility index (Phi) is 15.5. The van der Waals surface area contributed by atoms with Gasteiger partial charge in [0.2, 0.25) is 11.2 Å². The molecule has 3 aromatic rings. The summed E-state index contributed by atoms with van der Waals surface area (Å²) in [4.78, 5) is 55.9. The Balaban J connectivity index is 1.20.